The topological polar surface area (TPSA) is 168 Å². The minimum atomic E-state index is -2.27. The fraction of sp³-hybridized carbons (Fsp3) is 0.483. The van der Waals surface area contributed by atoms with E-state index in [1.165, 1.54) is 16.7 Å². The van der Waals surface area contributed by atoms with Crippen LogP contribution in [0.15, 0.2) is 36.4 Å². The van der Waals surface area contributed by atoms with Gasteiger partial charge in [0, 0.05) is 13.1 Å². The Hall–Kier alpha value is -3.18. The minimum absolute atomic E-state index is 0.0810. The number of amides is 1. The number of aliphatic carboxylic acids is 2. The number of carbonyl (C=O) groups excluding carboxylic acids is 1. The Morgan fingerprint density at radius 2 is 1.50 bits per heavy atom. The van der Waals surface area contributed by atoms with Gasteiger partial charge in [-0.25, -0.2) is 9.59 Å². The highest BCUT2D eigenvalue weighted by Gasteiger charge is 2.29. The molecule has 0 aliphatic carbocycles. The molecule has 2 atom stereocenters. The summed E-state index contributed by atoms with van der Waals surface area (Å²) in [7, 11) is 0. The molecular weight excluding hydrogens is 538 g/mol. The summed E-state index contributed by atoms with van der Waals surface area (Å²) in [6.45, 7) is 9.98. The monoisotopic (exact) mass is 577 g/mol. The number of carbonyl (C=O) groups is 3. The van der Waals surface area contributed by atoms with E-state index < -0.39 is 24.1 Å². The van der Waals surface area contributed by atoms with Crippen LogP contribution in [0.25, 0.3) is 0 Å². The summed E-state index contributed by atoms with van der Waals surface area (Å²) in [4.78, 5) is 31.7. The molecular formula is C29H40ClN3O7. The number of rotatable bonds is 10. The van der Waals surface area contributed by atoms with E-state index in [4.69, 9.17) is 32.0 Å². The van der Waals surface area contributed by atoms with Crippen LogP contribution < -0.4 is 16.0 Å². The van der Waals surface area contributed by atoms with E-state index in [0.29, 0.717) is 13.0 Å². The number of aliphatic hydroxyl groups excluding tert-OH is 2. The number of carboxylic acid groups (broad SMARTS) is 2. The van der Waals surface area contributed by atoms with Crippen LogP contribution in [-0.2, 0) is 40.2 Å². The molecule has 2 aromatic rings. The average molecular weight is 578 g/mol. The van der Waals surface area contributed by atoms with Crippen molar-refractivity contribution in [2.45, 2.75) is 65.2 Å². The van der Waals surface area contributed by atoms with Gasteiger partial charge in [0.05, 0.1) is 17.1 Å². The third-order valence-corrected chi connectivity index (χ3v) is 6.66. The minimum Gasteiger partial charge on any atom is -0.479 e. The molecule has 0 bridgehead atoms. The summed E-state index contributed by atoms with van der Waals surface area (Å²) in [6, 6.07) is 12.4. The van der Waals surface area contributed by atoms with E-state index >= 15 is 0 Å². The van der Waals surface area contributed by atoms with E-state index in [-0.39, 0.29) is 11.3 Å². The maximum Gasteiger partial charge on any atom is 0.335 e. The molecule has 40 heavy (non-hydrogen) atoms. The average Bonchev–Trinajstić information content (AvgIpc) is 3.13. The summed E-state index contributed by atoms with van der Waals surface area (Å²) in [5.74, 6) is -3.46. The highest BCUT2D eigenvalue weighted by atomic mass is 35.5. The van der Waals surface area contributed by atoms with Crippen molar-refractivity contribution in [3.63, 3.8) is 0 Å². The fourth-order valence-corrected chi connectivity index (χ4v) is 4.24. The predicted octanol–water partition coefficient (Wildman–Crippen LogP) is 2.61. The number of benzene rings is 2. The summed E-state index contributed by atoms with van der Waals surface area (Å²) < 4.78 is 0. The first-order valence-corrected chi connectivity index (χ1v) is 13.6. The first-order chi connectivity index (χ1) is 18.8. The van der Waals surface area contributed by atoms with Gasteiger partial charge in [0.15, 0.2) is 12.2 Å². The lowest BCUT2D eigenvalue weighted by molar-refractivity contribution is -0.165. The second kappa shape index (κ2) is 15.6. The SMILES string of the molecule is CC(C)(C)CCNC(=O)Cc1ccc(CNc2c(Cl)ccc3c2CCNCC3)cc1.O=C(O)[C@H](O)[C@@H](O)C(=O)O. The van der Waals surface area contributed by atoms with Gasteiger partial charge < -0.3 is 36.4 Å². The van der Waals surface area contributed by atoms with Gasteiger partial charge >= 0.3 is 11.9 Å². The van der Waals surface area contributed by atoms with Gasteiger partial charge in [0.1, 0.15) is 0 Å². The zero-order chi connectivity index (χ0) is 29.9. The van der Waals surface area contributed by atoms with Crippen LogP contribution in [-0.4, -0.2) is 70.1 Å². The summed E-state index contributed by atoms with van der Waals surface area (Å²) >= 11 is 6.51. The van der Waals surface area contributed by atoms with Gasteiger partial charge in [-0.3, -0.25) is 4.79 Å². The van der Waals surface area contributed by atoms with E-state index in [1.807, 2.05) is 18.2 Å². The Morgan fingerprint density at radius 1 is 0.925 bits per heavy atom. The molecule has 0 saturated heterocycles. The van der Waals surface area contributed by atoms with E-state index in [1.54, 1.807) is 0 Å². The van der Waals surface area contributed by atoms with Crippen molar-refractivity contribution < 1.29 is 34.8 Å². The number of nitrogens with one attached hydrogen (secondary N) is 3. The Morgan fingerprint density at radius 3 is 2.08 bits per heavy atom. The molecule has 0 aromatic heterocycles. The van der Waals surface area contributed by atoms with Crippen molar-refractivity contribution in [1.82, 2.24) is 10.6 Å². The number of carboxylic acids is 2. The first-order valence-electron chi connectivity index (χ1n) is 13.2. The van der Waals surface area contributed by atoms with Crippen LogP contribution in [0.3, 0.4) is 0 Å². The lowest BCUT2D eigenvalue weighted by Gasteiger charge is -2.18. The van der Waals surface area contributed by atoms with E-state index in [0.717, 1.165) is 55.2 Å². The van der Waals surface area contributed by atoms with Crippen LogP contribution in [0.5, 0.6) is 0 Å². The van der Waals surface area contributed by atoms with Crippen molar-refractivity contribution in [3.05, 3.63) is 63.7 Å². The van der Waals surface area contributed by atoms with Crippen molar-refractivity contribution >= 4 is 35.1 Å². The van der Waals surface area contributed by atoms with E-state index in [9.17, 15) is 14.4 Å². The molecule has 1 aliphatic heterocycles. The molecule has 0 fully saturated rings. The highest BCUT2D eigenvalue weighted by molar-refractivity contribution is 6.33. The number of aliphatic hydroxyl groups is 2. The van der Waals surface area contributed by atoms with Crippen molar-refractivity contribution in [3.8, 4) is 0 Å². The lowest BCUT2D eigenvalue weighted by Crippen LogP contribution is -2.39. The summed E-state index contributed by atoms with van der Waals surface area (Å²) in [5, 5.41) is 43.3. The molecule has 7 N–H and O–H groups in total. The number of anilines is 1. The summed E-state index contributed by atoms with van der Waals surface area (Å²) in [5.41, 5.74) is 6.20. The second-order valence-electron chi connectivity index (χ2n) is 10.9. The normalized spacial score (nSPS) is 14.4. The zero-order valence-corrected chi connectivity index (χ0v) is 23.9. The van der Waals surface area contributed by atoms with Gasteiger partial charge in [-0.05, 0) is 66.1 Å². The van der Waals surface area contributed by atoms with E-state index in [2.05, 4.69) is 54.9 Å². The Labute approximate surface area is 239 Å². The van der Waals surface area contributed by atoms with Crippen LogP contribution in [0.4, 0.5) is 5.69 Å². The first kappa shape index (κ1) is 33.0. The van der Waals surface area contributed by atoms with Gasteiger partial charge in [0.2, 0.25) is 5.91 Å². The maximum atomic E-state index is 12.2. The summed E-state index contributed by atoms with van der Waals surface area (Å²) in [6.07, 6.45) is -1.11. The quantitative estimate of drug-likeness (QED) is 0.224. The second-order valence-corrected chi connectivity index (χ2v) is 11.3. The van der Waals surface area contributed by atoms with Crippen molar-refractivity contribution in [1.29, 1.82) is 0 Å². The van der Waals surface area contributed by atoms with Crippen LogP contribution in [0.2, 0.25) is 5.02 Å². The predicted molar refractivity (Wildman–Crippen MR) is 154 cm³/mol. The van der Waals surface area contributed by atoms with Crippen LogP contribution >= 0.6 is 11.6 Å². The number of fused-ring (bicyclic) bond motifs is 1. The molecule has 0 unspecified atom stereocenters. The molecule has 3 rings (SSSR count). The molecule has 0 saturated carbocycles. The fourth-order valence-electron chi connectivity index (χ4n) is 4.00. The third kappa shape index (κ3) is 11.1. The highest BCUT2D eigenvalue weighted by Crippen LogP contribution is 2.31. The zero-order valence-electron chi connectivity index (χ0n) is 23.2. The van der Waals surface area contributed by atoms with Crippen molar-refractivity contribution in [2.75, 3.05) is 25.0 Å². The molecule has 1 aliphatic rings. The van der Waals surface area contributed by atoms with Gasteiger partial charge in [-0.1, -0.05) is 62.7 Å². The third-order valence-electron chi connectivity index (χ3n) is 6.34. The van der Waals surface area contributed by atoms with Gasteiger partial charge in [-0.2, -0.15) is 0 Å². The molecule has 1 heterocycles. The van der Waals surface area contributed by atoms with Gasteiger partial charge in [0.25, 0.3) is 0 Å². The Balaban J connectivity index is 0.000000478. The standard InChI is InChI=1S/C25H34ClN3O.C4H6O6/c1-25(2,3)12-15-28-23(30)16-18-4-6-19(7-5-18)17-29-24-21-11-14-27-13-10-20(21)8-9-22(24)26;5-1(3(7)8)2(6)4(9)10/h4-9,27,29H,10-17H2,1-3H3,(H,28,30);1-2,5-6H,(H,7,8)(H,9,10)/t;1-,2-/m.1/s1. The smallest absolute Gasteiger partial charge is 0.335 e. The van der Waals surface area contributed by atoms with Crippen LogP contribution in [0, 0.1) is 5.41 Å². The lowest BCUT2D eigenvalue weighted by atomic mass is 9.92. The van der Waals surface area contributed by atoms with Gasteiger partial charge in [-0.15, -0.1) is 0 Å². The molecule has 11 heteroatoms. The molecule has 220 valence electrons. The van der Waals surface area contributed by atoms with Crippen molar-refractivity contribution in [2.24, 2.45) is 5.41 Å². The molecule has 10 nitrogen and oxygen atoms in total. The number of hydrogen-bond donors (Lipinski definition) is 7. The molecule has 0 radical (unpaired) electrons. The largest absolute Gasteiger partial charge is 0.479 e. The maximum absolute atomic E-state index is 12.2. The molecule has 0 spiro atoms. The number of halogens is 1. The molecule has 1 amide bonds. The number of hydrogen-bond acceptors (Lipinski definition) is 7. The Kier molecular flexibility index (Phi) is 12.9. The Bertz CT molecular complexity index is 1130. The molecule has 2 aromatic carbocycles. The van der Waals surface area contributed by atoms with Crippen LogP contribution in [0.1, 0.15) is 49.4 Å².